The van der Waals surface area contributed by atoms with Crippen LogP contribution in [0.3, 0.4) is 0 Å². The molecule has 12 heteroatoms. The lowest BCUT2D eigenvalue weighted by Crippen LogP contribution is -2.22. The van der Waals surface area contributed by atoms with Crippen molar-refractivity contribution in [3.8, 4) is 5.75 Å². The van der Waals surface area contributed by atoms with Crippen LogP contribution < -0.4 is 15.7 Å². The highest BCUT2D eigenvalue weighted by atomic mass is 33.1. The van der Waals surface area contributed by atoms with Crippen LogP contribution in [0.25, 0.3) is 11.0 Å². The van der Waals surface area contributed by atoms with Gasteiger partial charge < -0.3 is 19.2 Å². The quantitative estimate of drug-likeness (QED) is 0.104. The van der Waals surface area contributed by atoms with Crippen LogP contribution in [0, 0.1) is 0 Å². The van der Waals surface area contributed by atoms with E-state index in [9.17, 15) is 14.4 Å². The van der Waals surface area contributed by atoms with Crippen molar-refractivity contribution in [1.29, 1.82) is 0 Å². The summed E-state index contributed by atoms with van der Waals surface area (Å²) in [5.74, 6) is 1.22. The summed E-state index contributed by atoms with van der Waals surface area (Å²) in [7, 11) is 3.95. The normalized spacial score (nSPS) is 14.9. The Hall–Kier alpha value is -2.99. The van der Waals surface area contributed by atoms with Crippen LogP contribution >= 0.6 is 21.6 Å². The number of nitrogens with zero attached hydrogens (tertiary/aromatic N) is 3. The third-order valence-electron chi connectivity index (χ3n) is 6.46. The molecular weight excluding hydrogens is 552 g/mol. The minimum atomic E-state index is -0.731. The highest BCUT2D eigenvalue weighted by Crippen LogP contribution is 2.39. The van der Waals surface area contributed by atoms with E-state index in [1.165, 1.54) is 24.7 Å². The average Bonchev–Trinajstić information content (AvgIpc) is 3.64. The third-order valence-corrected chi connectivity index (χ3v) is 9.47. The van der Waals surface area contributed by atoms with Crippen molar-refractivity contribution in [1.82, 2.24) is 20.3 Å². The van der Waals surface area contributed by atoms with Crippen LogP contribution in [0.4, 0.5) is 0 Å². The monoisotopic (exact) mass is 588 g/mol. The minimum Gasteiger partial charge on any atom is -0.493 e. The number of fused-ring (bicyclic) bond motifs is 1. The number of carbonyl (C=O) groups excluding carboxylic acids is 2. The second kappa shape index (κ2) is 15.7. The average molecular weight is 589 g/mol. The van der Waals surface area contributed by atoms with Crippen molar-refractivity contribution < 1.29 is 23.5 Å². The van der Waals surface area contributed by atoms with Crippen LogP contribution in [0.2, 0.25) is 0 Å². The predicted molar refractivity (Wildman–Crippen MR) is 157 cm³/mol. The molecular formula is C28H36N4O6S2. The molecule has 1 unspecified atom stereocenters. The molecule has 10 nitrogen and oxygen atoms in total. The Morgan fingerprint density at radius 2 is 2.08 bits per heavy atom. The molecule has 4 rings (SSSR count). The smallest absolute Gasteiger partial charge is 0.351 e. The van der Waals surface area contributed by atoms with Gasteiger partial charge in [-0.05, 0) is 63.6 Å². The third kappa shape index (κ3) is 9.29. The van der Waals surface area contributed by atoms with E-state index in [0.29, 0.717) is 36.3 Å². The Kier molecular flexibility index (Phi) is 11.8. The second-order valence-electron chi connectivity index (χ2n) is 9.60. The van der Waals surface area contributed by atoms with Gasteiger partial charge in [-0.2, -0.15) is 0 Å². The Balaban J connectivity index is 1.09. The Bertz CT molecular complexity index is 1320. The number of ether oxygens (including phenoxy) is 2. The summed E-state index contributed by atoms with van der Waals surface area (Å²) in [5.41, 5.74) is 0.260. The Morgan fingerprint density at radius 1 is 1.18 bits per heavy atom. The minimum absolute atomic E-state index is 0.0676. The fourth-order valence-electron chi connectivity index (χ4n) is 4.30. The molecule has 0 spiro atoms. The van der Waals surface area contributed by atoms with Gasteiger partial charge in [0, 0.05) is 35.4 Å². The first-order valence-corrected chi connectivity index (χ1v) is 16.2. The van der Waals surface area contributed by atoms with Gasteiger partial charge in [0.2, 0.25) is 5.91 Å². The molecule has 0 aliphatic carbocycles. The molecule has 216 valence electrons. The topological polar surface area (TPSA) is 126 Å². The molecule has 3 aromatic rings. The first-order chi connectivity index (χ1) is 19.5. The molecule has 1 saturated heterocycles. The number of rotatable bonds is 16. The predicted octanol–water partition coefficient (Wildman–Crippen LogP) is 5.14. The fraction of sp³-hybridized carbons (Fsp3) is 0.536. The molecule has 0 saturated carbocycles. The van der Waals surface area contributed by atoms with E-state index in [2.05, 4.69) is 15.6 Å². The van der Waals surface area contributed by atoms with Crippen molar-refractivity contribution >= 4 is 44.4 Å². The van der Waals surface area contributed by atoms with E-state index in [0.717, 1.165) is 49.6 Å². The number of carbonyl (C=O) groups is 2. The van der Waals surface area contributed by atoms with E-state index < -0.39 is 11.6 Å². The van der Waals surface area contributed by atoms with Crippen molar-refractivity contribution in [2.45, 2.75) is 76.6 Å². The van der Waals surface area contributed by atoms with Crippen LogP contribution in [0.5, 0.6) is 5.75 Å². The second-order valence-corrected chi connectivity index (χ2v) is 12.4. The molecule has 1 aromatic carbocycles. The summed E-state index contributed by atoms with van der Waals surface area (Å²) >= 11 is 0. The summed E-state index contributed by atoms with van der Waals surface area (Å²) in [6.45, 7) is 3.52. The maximum atomic E-state index is 12.1. The number of aromatic nitrogens is 3. The van der Waals surface area contributed by atoms with Crippen LogP contribution in [-0.2, 0) is 22.6 Å². The number of unbranched alkanes of at least 4 members (excludes halogenated alkanes) is 3. The highest BCUT2D eigenvalue weighted by molar-refractivity contribution is 8.77. The zero-order chi connectivity index (χ0) is 28.2. The number of amides is 1. The molecule has 1 aliphatic rings. The first kappa shape index (κ1) is 30.0. The molecule has 1 amide bonds. The maximum absolute atomic E-state index is 12.1. The number of hydrogen-bond acceptors (Lipinski definition) is 10. The molecule has 1 atom stereocenters. The summed E-state index contributed by atoms with van der Waals surface area (Å²) < 4.78 is 17.8. The van der Waals surface area contributed by atoms with E-state index in [4.69, 9.17) is 13.9 Å². The van der Waals surface area contributed by atoms with Crippen LogP contribution in [0.1, 0.15) is 74.3 Å². The molecule has 0 bridgehead atoms. The van der Waals surface area contributed by atoms with Gasteiger partial charge in [-0.3, -0.25) is 9.48 Å². The van der Waals surface area contributed by atoms with Gasteiger partial charge in [-0.15, -0.1) is 5.10 Å². The SMILES string of the molecule is CCOC(=O)c1cc2ccc(OCCCCCn3cc(CNC(=O)CCCCC4CCSS4)nn3)cc2oc1=O. The fourth-order valence-corrected chi connectivity index (χ4v) is 7.33. The zero-order valence-electron chi connectivity index (χ0n) is 22.8. The van der Waals surface area contributed by atoms with E-state index >= 15 is 0 Å². The van der Waals surface area contributed by atoms with Crippen LogP contribution in [0.15, 0.2) is 39.7 Å². The number of nitrogens with one attached hydrogen (secondary N) is 1. The Labute approximate surface area is 241 Å². The Morgan fingerprint density at radius 3 is 2.90 bits per heavy atom. The molecule has 2 aromatic heterocycles. The standard InChI is InChI=1S/C28H36N4O6S2/c1-2-36-27(34)24-16-20-10-11-22(17-25(20)38-28(24)35)37-14-7-3-6-13-32-19-21(30-31-32)18-29-26(33)9-5-4-8-23-12-15-39-40-23/h10-11,16-17,19,23H,2-9,12-15,18H2,1H3,(H,29,33). The van der Waals surface area contributed by atoms with Gasteiger partial charge >= 0.3 is 11.6 Å². The van der Waals surface area contributed by atoms with Crippen LogP contribution in [-0.4, -0.2) is 51.1 Å². The first-order valence-electron chi connectivity index (χ1n) is 13.8. The lowest BCUT2D eigenvalue weighted by atomic mass is 10.1. The zero-order valence-corrected chi connectivity index (χ0v) is 24.4. The molecule has 40 heavy (non-hydrogen) atoms. The lowest BCUT2D eigenvalue weighted by Gasteiger charge is -2.07. The van der Waals surface area contributed by atoms with E-state index in [-0.39, 0.29) is 18.1 Å². The van der Waals surface area contributed by atoms with Gasteiger partial charge in [-0.1, -0.05) is 33.2 Å². The molecule has 0 radical (unpaired) electrons. The molecule has 1 N–H and O–H groups in total. The van der Waals surface area contributed by atoms with Crippen molar-refractivity contribution in [2.75, 3.05) is 19.0 Å². The van der Waals surface area contributed by atoms with E-state index in [1.54, 1.807) is 29.8 Å². The van der Waals surface area contributed by atoms with Crippen molar-refractivity contribution in [3.63, 3.8) is 0 Å². The molecule has 3 heterocycles. The van der Waals surface area contributed by atoms with Gasteiger partial charge in [0.1, 0.15) is 22.6 Å². The highest BCUT2D eigenvalue weighted by Gasteiger charge is 2.16. The lowest BCUT2D eigenvalue weighted by molar-refractivity contribution is -0.121. The van der Waals surface area contributed by atoms with Gasteiger partial charge in [0.05, 0.1) is 26.0 Å². The molecule has 1 aliphatic heterocycles. The number of esters is 1. The number of aryl methyl sites for hydroxylation is 1. The number of hydrogen-bond donors (Lipinski definition) is 1. The van der Waals surface area contributed by atoms with E-state index in [1.807, 2.05) is 27.8 Å². The largest absolute Gasteiger partial charge is 0.493 e. The molecule has 1 fully saturated rings. The summed E-state index contributed by atoms with van der Waals surface area (Å²) in [6, 6.07) is 6.65. The summed E-state index contributed by atoms with van der Waals surface area (Å²) in [5, 5.41) is 12.6. The van der Waals surface area contributed by atoms with Gasteiger partial charge in [0.25, 0.3) is 0 Å². The van der Waals surface area contributed by atoms with Crippen molar-refractivity contribution in [3.05, 3.63) is 52.1 Å². The summed E-state index contributed by atoms with van der Waals surface area (Å²) in [4.78, 5) is 36.1. The number of benzene rings is 1. The summed E-state index contributed by atoms with van der Waals surface area (Å²) in [6.07, 6.45) is 9.67. The van der Waals surface area contributed by atoms with Gasteiger partial charge in [-0.25, -0.2) is 9.59 Å². The maximum Gasteiger partial charge on any atom is 0.351 e. The van der Waals surface area contributed by atoms with Crippen molar-refractivity contribution in [2.24, 2.45) is 0 Å². The van der Waals surface area contributed by atoms with Gasteiger partial charge in [0.15, 0.2) is 0 Å².